The van der Waals surface area contributed by atoms with Crippen molar-refractivity contribution >= 4 is 17.4 Å². The summed E-state index contributed by atoms with van der Waals surface area (Å²) >= 11 is 5.79. The van der Waals surface area contributed by atoms with Gasteiger partial charge < -0.3 is 9.64 Å². The Morgan fingerprint density at radius 3 is 3.14 bits per heavy atom. The highest BCUT2D eigenvalue weighted by Crippen LogP contribution is 2.16. The smallest absolute Gasteiger partial charge is 0.134 e. The second-order valence-corrected chi connectivity index (χ2v) is 3.71. The number of hydrogen-bond donors (Lipinski definition) is 0. The van der Waals surface area contributed by atoms with Gasteiger partial charge >= 0.3 is 0 Å². The predicted molar refractivity (Wildman–Crippen MR) is 54.7 cm³/mol. The molecule has 0 bridgehead atoms. The molecule has 0 aromatic carbocycles. The zero-order chi connectivity index (χ0) is 9.97. The predicted octanol–water partition coefficient (Wildman–Crippen LogP) is 1.36. The van der Waals surface area contributed by atoms with E-state index < -0.39 is 0 Å². The molecule has 0 N–H and O–H groups in total. The highest BCUT2D eigenvalue weighted by Gasteiger charge is 2.17. The Morgan fingerprint density at radius 1 is 1.57 bits per heavy atom. The van der Waals surface area contributed by atoms with Crippen molar-refractivity contribution in [2.24, 2.45) is 0 Å². The number of halogens is 1. The van der Waals surface area contributed by atoms with Gasteiger partial charge in [-0.1, -0.05) is 11.6 Å². The van der Waals surface area contributed by atoms with Crippen molar-refractivity contribution in [3.8, 4) is 0 Å². The van der Waals surface area contributed by atoms with E-state index in [4.69, 9.17) is 16.3 Å². The first-order chi connectivity index (χ1) is 6.75. The molecule has 5 heteroatoms. The molecule has 76 valence electrons. The third-order valence-electron chi connectivity index (χ3n) is 2.18. The Balaban J connectivity index is 2.14. The van der Waals surface area contributed by atoms with E-state index in [-0.39, 0.29) is 6.10 Å². The fraction of sp³-hybridized carbons (Fsp3) is 0.556. The van der Waals surface area contributed by atoms with Crippen LogP contribution in [-0.4, -0.2) is 35.8 Å². The largest absolute Gasteiger partial charge is 0.375 e. The molecule has 1 aromatic rings. The van der Waals surface area contributed by atoms with Crippen LogP contribution in [0.4, 0.5) is 5.82 Å². The summed E-state index contributed by atoms with van der Waals surface area (Å²) in [5, 5.41) is 0.481. The summed E-state index contributed by atoms with van der Waals surface area (Å²) in [7, 11) is 0. The highest BCUT2D eigenvalue weighted by atomic mass is 35.5. The maximum atomic E-state index is 5.79. The molecule has 1 aliphatic rings. The van der Waals surface area contributed by atoms with Crippen LogP contribution in [0, 0.1) is 0 Å². The molecule has 0 saturated carbocycles. The van der Waals surface area contributed by atoms with Gasteiger partial charge in [-0.3, -0.25) is 0 Å². The molecule has 14 heavy (non-hydrogen) atoms. The van der Waals surface area contributed by atoms with Crippen molar-refractivity contribution in [3.05, 3.63) is 17.5 Å². The van der Waals surface area contributed by atoms with E-state index in [2.05, 4.69) is 21.8 Å². The van der Waals surface area contributed by atoms with E-state index in [1.54, 1.807) is 6.07 Å². The van der Waals surface area contributed by atoms with Crippen LogP contribution >= 0.6 is 11.6 Å². The van der Waals surface area contributed by atoms with Crippen molar-refractivity contribution in [3.63, 3.8) is 0 Å². The zero-order valence-electron chi connectivity index (χ0n) is 7.98. The molecule has 0 aliphatic carbocycles. The molecule has 0 radical (unpaired) electrons. The van der Waals surface area contributed by atoms with E-state index in [9.17, 15) is 0 Å². The standard InChI is InChI=1S/C9H12ClN3O/c1-7-5-13(2-3-14-7)9-4-8(10)11-6-12-9/h4,6-7H,2-3,5H2,1H3. The molecule has 2 heterocycles. The van der Waals surface area contributed by atoms with E-state index in [0.29, 0.717) is 5.15 Å². The molecule has 1 atom stereocenters. The lowest BCUT2D eigenvalue weighted by Gasteiger charge is -2.31. The van der Waals surface area contributed by atoms with Gasteiger partial charge in [-0.15, -0.1) is 0 Å². The summed E-state index contributed by atoms with van der Waals surface area (Å²) in [5.41, 5.74) is 0. The summed E-state index contributed by atoms with van der Waals surface area (Å²) < 4.78 is 5.44. The highest BCUT2D eigenvalue weighted by molar-refractivity contribution is 6.29. The van der Waals surface area contributed by atoms with E-state index >= 15 is 0 Å². The minimum absolute atomic E-state index is 0.248. The van der Waals surface area contributed by atoms with Crippen molar-refractivity contribution in [2.75, 3.05) is 24.6 Å². The van der Waals surface area contributed by atoms with Gasteiger partial charge in [0.2, 0.25) is 0 Å². The van der Waals surface area contributed by atoms with Crippen LogP contribution in [0.2, 0.25) is 5.15 Å². The minimum Gasteiger partial charge on any atom is -0.375 e. The number of anilines is 1. The maximum Gasteiger partial charge on any atom is 0.134 e. The first kappa shape index (κ1) is 9.68. The van der Waals surface area contributed by atoms with Crippen LogP contribution in [0.5, 0.6) is 0 Å². The van der Waals surface area contributed by atoms with Gasteiger partial charge in [0.1, 0.15) is 17.3 Å². The zero-order valence-corrected chi connectivity index (χ0v) is 8.74. The van der Waals surface area contributed by atoms with E-state index in [1.165, 1.54) is 6.33 Å². The normalized spacial score (nSPS) is 22.4. The summed E-state index contributed by atoms with van der Waals surface area (Å²) in [5.74, 6) is 0.875. The number of hydrogen-bond acceptors (Lipinski definition) is 4. The van der Waals surface area contributed by atoms with Crippen molar-refractivity contribution in [2.45, 2.75) is 13.0 Å². The van der Waals surface area contributed by atoms with Gasteiger partial charge in [-0.2, -0.15) is 0 Å². The fourth-order valence-corrected chi connectivity index (χ4v) is 1.66. The summed E-state index contributed by atoms with van der Waals surface area (Å²) in [6.07, 6.45) is 1.73. The number of nitrogens with zero attached hydrogens (tertiary/aromatic N) is 3. The fourth-order valence-electron chi connectivity index (χ4n) is 1.52. The first-order valence-electron chi connectivity index (χ1n) is 4.60. The van der Waals surface area contributed by atoms with Crippen LogP contribution in [0.25, 0.3) is 0 Å². The van der Waals surface area contributed by atoms with Crippen LogP contribution in [-0.2, 0) is 4.74 Å². The van der Waals surface area contributed by atoms with E-state index in [0.717, 1.165) is 25.5 Å². The van der Waals surface area contributed by atoms with Crippen LogP contribution < -0.4 is 4.90 Å². The topological polar surface area (TPSA) is 38.2 Å². The van der Waals surface area contributed by atoms with Crippen molar-refractivity contribution < 1.29 is 4.74 Å². The van der Waals surface area contributed by atoms with E-state index in [1.807, 2.05) is 0 Å². The number of aromatic nitrogens is 2. The molecule has 0 spiro atoms. The first-order valence-corrected chi connectivity index (χ1v) is 4.97. The van der Waals surface area contributed by atoms with Gasteiger partial charge in [0.15, 0.2) is 0 Å². The van der Waals surface area contributed by atoms with Gasteiger partial charge in [0.05, 0.1) is 12.7 Å². The van der Waals surface area contributed by atoms with Crippen molar-refractivity contribution in [1.29, 1.82) is 0 Å². The monoisotopic (exact) mass is 213 g/mol. The van der Waals surface area contributed by atoms with Gasteiger partial charge in [0, 0.05) is 19.2 Å². The Bertz CT molecular complexity index is 321. The van der Waals surface area contributed by atoms with Gasteiger partial charge in [-0.25, -0.2) is 9.97 Å². The lowest BCUT2D eigenvalue weighted by atomic mass is 10.3. The summed E-state index contributed by atoms with van der Waals surface area (Å²) in [6, 6.07) is 1.78. The summed E-state index contributed by atoms with van der Waals surface area (Å²) in [6.45, 7) is 4.50. The lowest BCUT2D eigenvalue weighted by molar-refractivity contribution is 0.0529. The molecular formula is C9H12ClN3O. The summed E-state index contributed by atoms with van der Waals surface area (Å²) in [4.78, 5) is 10.2. The molecule has 1 unspecified atom stereocenters. The second-order valence-electron chi connectivity index (χ2n) is 3.33. The average molecular weight is 214 g/mol. The van der Waals surface area contributed by atoms with Crippen LogP contribution in [0.3, 0.4) is 0 Å². The Labute approximate surface area is 87.9 Å². The average Bonchev–Trinajstić information content (AvgIpc) is 2.18. The number of ether oxygens (including phenoxy) is 1. The lowest BCUT2D eigenvalue weighted by Crippen LogP contribution is -2.41. The number of rotatable bonds is 1. The third kappa shape index (κ3) is 2.13. The Kier molecular flexibility index (Phi) is 2.84. The molecule has 1 fully saturated rings. The molecule has 2 rings (SSSR count). The van der Waals surface area contributed by atoms with Crippen LogP contribution in [0.15, 0.2) is 12.4 Å². The molecule has 4 nitrogen and oxygen atoms in total. The quantitative estimate of drug-likeness (QED) is 0.661. The number of morpholine rings is 1. The molecule has 1 saturated heterocycles. The van der Waals surface area contributed by atoms with Crippen molar-refractivity contribution in [1.82, 2.24) is 9.97 Å². The third-order valence-corrected chi connectivity index (χ3v) is 2.39. The molecule has 1 aromatic heterocycles. The minimum atomic E-state index is 0.248. The SMILES string of the molecule is CC1CN(c2cc(Cl)ncn2)CCO1. The van der Waals surface area contributed by atoms with Gasteiger partial charge in [-0.05, 0) is 6.92 Å². The van der Waals surface area contributed by atoms with Crippen LogP contribution in [0.1, 0.15) is 6.92 Å². The van der Waals surface area contributed by atoms with Gasteiger partial charge in [0.25, 0.3) is 0 Å². The Morgan fingerprint density at radius 2 is 2.43 bits per heavy atom. The maximum absolute atomic E-state index is 5.79. The Hall–Kier alpha value is -0.870. The molecule has 0 amide bonds. The molecule has 1 aliphatic heterocycles. The second kappa shape index (κ2) is 4.11. The molecular weight excluding hydrogens is 202 g/mol.